The van der Waals surface area contributed by atoms with E-state index in [-0.39, 0.29) is 0 Å². The van der Waals surface area contributed by atoms with E-state index in [1.165, 1.54) is 58.2 Å². The van der Waals surface area contributed by atoms with Crippen LogP contribution in [-0.2, 0) is 0 Å². The summed E-state index contributed by atoms with van der Waals surface area (Å²) in [5.74, 6) is 1.85. The van der Waals surface area contributed by atoms with Crippen LogP contribution < -0.4 is 5.32 Å². The normalized spacial score (nSPS) is 39.5. The maximum Gasteiger partial charge on any atom is 0.0195 e. The van der Waals surface area contributed by atoms with Gasteiger partial charge in [0.2, 0.25) is 0 Å². The fourth-order valence-corrected chi connectivity index (χ4v) is 4.06. The highest BCUT2D eigenvalue weighted by Gasteiger charge is 2.31. The molecule has 106 valence electrons. The zero-order valence-corrected chi connectivity index (χ0v) is 12.6. The molecule has 0 bridgehead atoms. The summed E-state index contributed by atoms with van der Waals surface area (Å²) in [4.78, 5) is 2.82. The molecule has 0 aromatic heterocycles. The second-order valence-electron chi connectivity index (χ2n) is 6.75. The minimum absolute atomic E-state index is 0.740. The van der Waals surface area contributed by atoms with E-state index in [0.717, 1.165) is 23.9 Å². The van der Waals surface area contributed by atoms with E-state index in [1.807, 2.05) is 0 Å². The maximum absolute atomic E-state index is 3.73. The summed E-state index contributed by atoms with van der Waals surface area (Å²) in [7, 11) is 0. The lowest BCUT2D eigenvalue weighted by molar-refractivity contribution is 0.0909. The van der Waals surface area contributed by atoms with Gasteiger partial charge in [0, 0.05) is 18.6 Å². The standard InChI is InChI=1S/C16H32N2/c1-4-6-15-12-18(10-5-9-17-15)16-8-7-13(2)11-14(16)3/h13-17H,4-12H2,1-3H3. The minimum Gasteiger partial charge on any atom is -0.313 e. The van der Waals surface area contributed by atoms with Gasteiger partial charge in [-0.25, -0.2) is 0 Å². The third-order valence-electron chi connectivity index (χ3n) is 5.00. The lowest BCUT2D eigenvalue weighted by Gasteiger charge is -2.41. The van der Waals surface area contributed by atoms with Gasteiger partial charge in [-0.1, -0.05) is 27.2 Å². The largest absolute Gasteiger partial charge is 0.313 e. The van der Waals surface area contributed by atoms with Gasteiger partial charge in [0.05, 0.1) is 0 Å². The number of hydrogen-bond donors (Lipinski definition) is 1. The van der Waals surface area contributed by atoms with E-state index < -0.39 is 0 Å². The third kappa shape index (κ3) is 3.71. The number of rotatable bonds is 3. The van der Waals surface area contributed by atoms with Crippen molar-refractivity contribution >= 4 is 0 Å². The Morgan fingerprint density at radius 1 is 1.22 bits per heavy atom. The molecule has 1 saturated heterocycles. The van der Waals surface area contributed by atoms with Gasteiger partial charge in [-0.3, -0.25) is 4.90 Å². The zero-order chi connectivity index (χ0) is 13.0. The first-order valence-corrected chi connectivity index (χ1v) is 8.18. The predicted molar refractivity (Wildman–Crippen MR) is 78.9 cm³/mol. The summed E-state index contributed by atoms with van der Waals surface area (Å²) in [6, 6.07) is 1.60. The molecule has 2 rings (SSSR count). The Kier molecular flexibility index (Phi) is 5.50. The van der Waals surface area contributed by atoms with Crippen molar-refractivity contribution in [2.75, 3.05) is 19.6 Å². The van der Waals surface area contributed by atoms with Crippen LogP contribution in [0.25, 0.3) is 0 Å². The monoisotopic (exact) mass is 252 g/mol. The van der Waals surface area contributed by atoms with Gasteiger partial charge < -0.3 is 5.32 Å². The highest BCUT2D eigenvalue weighted by molar-refractivity contribution is 4.87. The fourth-order valence-electron chi connectivity index (χ4n) is 4.06. The SMILES string of the molecule is CCCC1CN(C2CCC(C)CC2C)CCCN1. The molecule has 0 spiro atoms. The van der Waals surface area contributed by atoms with Crippen LogP contribution in [0, 0.1) is 11.8 Å². The molecular weight excluding hydrogens is 220 g/mol. The molecule has 1 saturated carbocycles. The third-order valence-corrected chi connectivity index (χ3v) is 5.00. The Labute approximate surface area is 114 Å². The average molecular weight is 252 g/mol. The van der Waals surface area contributed by atoms with Gasteiger partial charge in [-0.15, -0.1) is 0 Å². The predicted octanol–water partition coefficient (Wildman–Crippen LogP) is 3.28. The van der Waals surface area contributed by atoms with Crippen molar-refractivity contribution in [1.82, 2.24) is 10.2 Å². The molecule has 4 atom stereocenters. The molecule has 1 aliphatic heterocycles. The molecule has 0 aromatic rings. The molecule has 2 fully saturated rings. The number of nitrogens with one attached hydrogen (secondary N) is 1. The van der Waals surface area contributed by atoms with Gasteiger partial charge in [-0.05, 0) is 57.0 Å². The van der Waals surface area contributed by atoms with Crippen molar-refractivity contribution in [2.45, 2.75) is 71.4 Å². The molecule has 4 unspecified atom stereocenters. The summed E-state index contributed by atoms with van der Waals surface area (Å²) in [5.41, 5.74) is 0. The lowest BCUT2D eigenvalue weighted by Crippen LogP contribution is -2.47. The van der Waals surface area contributed by atoms with Crippen molar-refractivity contribution in [3.63, 3.8) is 0 Å². The lowest BCUT2D eigenvalue weighted by atomic mass is 9.79. The van der Waals surface area contributed by atoms with E-state index in [4.69, 9.17) is 0 Å². The van der Waals surface area contributed by atoms with E-state index in [2.05, 4.69) is 31.0 Å². The van der Waals surface area contributed by atoms with Crippen molar-refractivity contribution in [2.24, 2.45) is 11.8 Å². The van der Waals surface area contributed by atoms with Gasteiger partial charge in [0.15, 0.2) is 0 Å². The summed E-state index contributed by atoms with van der Waals surface area (Å²) in [6.07, 6.45) is 8.29. The summed E-state index contributed by atoms with van der Waals surface area (Å²) in [6.45, 7) is 11.0. The number of nitrogens with zero attached hydrogens (tertiary/aromatic N) is 1. The molecule has 1 heterocycles. The van der Waals surface area contributed by atoms with Crippen LogP contribution in [0.3, 0.4) is 0 Å². The van der Waals surface area contributed by atoms with Crippen LogP contribution in [0.1, 0.15) is 59.3 Å². The first kappa shape index (κ1) is 14.3. The molecule has 2 nitrogen and oxygen atoms in total. The van der Waals surface area contributed by atoms with Crippen molar-refractivity contribution in [1.29, 1.82) is 0 Å². The van der Waals surface area contributed by atoms with Crippen molar-refractivity contribution in [3.05, 3.63) is 0 Å². The Hall–Kier alpha value is -0.0800. The van der Waals surface area contributed by atoms with Crippen LogP contribution in [0.5, 0.6) is 0 Å². The first-order valence-electron chi connectivity index (χ1n) is 8.18. The second-order valence-corrected chi connectivity index (χ2v) is 6.75. The highest BCUT2D eigenvalue weighted by Crippen LogP contribution is 2.32. The van der Waals surface area contributed by atoms with E-state index in [0.29, 0.717) is 0 Å². The minimum atomic E-state index is 0.740. The van der Waals surface area contributed by atoms with Gasteiger partial charge in [-0.2, -0.15) is 0 Å². The quantitative estimate of drug-likeness (QED) is 0.829. The van der Waals surface area contributed by atoms with Gasteiger partial charge >= 0.3 is 0 Å². The first-order chi connectivity index (χ1) is 8.70. The molecule has 0 aromatic carbocycles. The van der Waals surface area contributed by atoms with Crippen LogP contribution in [0.2, 0.25) is 0 Å². The molecule has 18 heavy (non-hydrogen) atoms. The van der Waals surface area contributed by atoms with Gasteiger partial charge in [0.1, 0.15) is 0 Å². The molecule has 0 radical (unpaired) electrons. The Morgan fingerprint density at radius 3 is 2.78 bits per heavy atom. The summed E-state index contributed by atoms with van der Waals surface area (Å²) in [5, 5.41) is 3.73. The van der Waals surface area contributed by atoms with E-state index in [9.17, 15) is 0 Å². The van der Waals surface area contributed by atoms with Crippen LogP contribution in [0.15, 0.2) is 0 Å². The topological polar surface area (TPSA) is 15.3 Å². The van der Waals surface area contributed by atoms with Crippen LogP contribution in [-0.4, -0.2) is 36.6 Å². The van der Waals surface area contributed by atoms with Crippen LogP contribution in [0.4, 0.5) is 0 Å². The Morgan fingerprint density at radius 2 is 2.06 bits per heavy atom. The molecule has 2 aliphatic rings. The van der Waals surface area contributed by atoms with Gasteiger partial charge in [0.25, 0.3) is 0 Å². The maximum atomic E-state index is 3.73. The average Bonchev–Trinajstić information content (AvgIpc) is 2.55. The Balaban J connectivity index is 1.93. The van der Waals surface area contributed by atoms with Crippen LogP contribution >= 0.6 is 0 Å². The number of hydrogen-bond acceptors (Lipinski definition) is 2. The molecule has 1 N–H and O–H groups in total. The fraction of sp³-hybridized carbons (Fsp3) is 1.00. The van der Waals surface area contributed by atoms with E-state index >= 15 is 0 Å². The Bertz CT molecular complexity index is 241. The second kappa shape index (κ2) is 6.91. The molecule has 2 heteroatoms. The zero-order valence-electron chi connectivity index (χ0n) is 12.6. The smallest absolute Gasteiger partial charge is 0.0195 e. The van der Waals surface area contributed by atoms with E-state index in [1.54, 1.807) is 0 Å². The highest BCUT2D eigenvalue weighted by atomic mass is 15.2. The summed E-state index contributed by atoms with van der Waals surface area (Å²) >= 11 is 0. The molecular formula is C16H32N2. The summed E-state index contributed by atoms with van der Waals surface area (Å²) < 4.78 is 0. The van der Waals surface area contributed by atoms with Crippen molar-refractivity contribution < 1.29 is 0 Å². The molecule has 0 amide bonds. The van der Waals surface area contributed by atoms with Crippen molar-refractivity contribution in [3.8, 4) is 0 Å². The molecule has 1 aliphatic carbocycles.